The van der Waals surface area contributed by atoms with Gasteiger partial charge in [0.15, 0.2) is 0 Å². The van der Waals surface area contributed by atoms with Crippen molar-refractivity contribution in [3.8, 4) is 5.75 Å². The SMILES string of the molecule is COc1cc(N2CCOCC2)ccc1Nc1ncnc2[nH]c3c(c12)C[C@@H](C(=O)NCCCS(C)(=O)=O)CC3. The number of carbonyl (C=O) groups excluding carboxylic acids is 1. The van der Waals surface area contributed by atoms with Gasteiger partial charge in [-0.2, -0.15) is 0 Å². The van der Waals surface area contributed by atoms with E-state index in [2.05, 4.69) is 36.6 Å². The largest absolute Gasteiger partial charge is 0.494 e. The molecule has 3 aromatic rings. The Morgan fingerprint density at radius 1 is 1.26 bits per heavy atom. The summed E-state index contributed by atoms with van der Waals surface area (Å²) in [5.41, 5.74) is 4.70. The van der Waals surface area contributed by atoms with Gasteiger partial charge in [-0.3, -0.25) is 4.79 Å². The number of anilines is 3. The van der Waals surface area contributed by atoms with Gasteiger partial charge in [0, 0.05) is 49.3 Å². The molecule has 38 heavy (non-hydrogen) atoms. The zero-order chi connectivity index (χ0) is 26.7. The van der Waals surface area contributed by atoms with Crippen LogP contribution in [0.5, 0.6) is 5.75 Å². The lowest BCUT2D eigenvalue weighted by Crippen LogP contribution is -2.36. The topological polar surface area (TPSA) is 139 Å². The van der Waals surface area contributed by atoms with Crippen LogP contribution < -0.4 is 20.3 Å². The minimum atomic E-state index is -3.04. The number of sulfone groups is 1. The summed E-state index contributed by atoms with van der Waals surface area (Å²) in [5.74, 6) is 1.17. The number of nitrogens with zero attached hydrogens (tertiary/aromatic N) is 3. The number of aromatic nitrogens is 3. The number of ether oxygens (including phenoxy) is 2. The first kappa shape index (κ1) is 26.2. The average molecular weight is 543 g/mol. The molecule has 0 bridgehead atoms. The molecule has 3 heterocycles. The number of aryl methyl sites for hydroxylation is 1. The molecule has 12 heteroatoms. The van der Waals surface area contributed by atoms with Crippen LogP contribution in [0.2, 0.25) is 0 Å². The maximum absolute atomic E-state index is 12.9. The molecule has 11 nitrogen and oxygen atoms in total. The highest BCUT2D eigenvalue weighted by atomic mass is 32.2. The van der Waals surface area contributed by atoms with Gasteiger partial charge in [-0.1, -0.05) is 0 Å². The number of amides is 1. The van der Waals surface area contributed by atoms with Crippen molar-refractivity contribution in [1.29, 1.82) is 0 Å². The van der Waals surface area contributed by atoms with Crippen molar-refractivity contribution >= 4 is 44.0 Å². The van der Waals surface area contributed by atoms with E-state index in [0.29, 0.717) is 50.6 Å². The highest BCUT2D eigenvalue weighted by molar-refractivity contribution is 7.90. The summed E-state index contributed by atoms with van der Waals surface area (Å²) in [6, 6.07) is 6.07. The van der Waals surface area contributed by atoms with Crippen molar-refractivity contribution < 1.29 is 22.7 Å². The van der Waals surface area contributed by atoms with E-state index in [1.165, 1.54) is 12.6 Å². The minimum absolute atomic E-state index is 0.0507. The van der Waals surface area contributed by atoms with E-state index in [0.717, 1.165) is 53.2 Å². The first-order valence-corrected chi connectivity index (χ1v) is 15.0. The number of methoxy groups -OCH3 is 1. The van der Waals surface area contributed by atoms with Crippen LogP contribution >= 0.6 is 0 Å². The summed E-state index contributed by atoms with van der Waals surface area (Å²) in [4.78, 5) is 27.5. The smallest absolute Gasteiger partial charge is 0.223 e. The normalized spacial score (nSPS) is 17.7. The first-order chi connectivity index (χ1) is 18.3. The van der Waals surface area contributed by atoms with Gasteiger partial charge in [0.05, 0.1) is 37.2 Å². The van der Waals surface area contributed by atoms with Crippen molar-refractivity contribution in [3.63, 3.8) is 0 Å². The Balaban J connectivity index is 1.35. The Hall–Kier alpha value is -3.38. The third-order valence-electron chi connectivity index (χ3n) is 7.15. The lowest BCUT2D eigenvalue weighted by molar-refractivity contribution is -0.125. The number of nitrogens with one attached hydrogen (secondary N) is 3. The van der Waals surface area contributed by atoms with Crippen LogP contribution in [0, 0.1) is 5.92 Å². The number of morpholine rings is 1. The molecule has 1 amide bonds. The van der Waals surface area contributed by atoms with E-state index < -0.39 is 9.84 Å². The standard InChI is InChI=1S/C26H34N6O5S/c1-36-22-15-18(32-9-11-37-12-10-32)5-7-21(22)31-25-23-19-14-17(26(33)27-8-3-13-38(2,34)35)4-6-20(19)30-24(23)28-16-29-25/h5,7,15-17H,3-4,6,8-14H2,1-2H3,(H,27,33)(H2,28,29,30,31)/t17-/m0/s1. The van der Waals surface area contributed by atoms with Crippen LogP contribution in [-0.2, 0) is 32.2 Å². The van der Waals surface area contributed by atoms with Crippen LogP contribution in [0.25, 0.3) is 11.0 Å². The molecular weight excluding hydrogens is 508 g/mol. The van der Waals surface area contributed by atoms with E-state index in [1.807, 2.05) is 12.1 Å². The zero-order valence-electron chi connectivity index (χ0n) is 21.7. The summed E-state index contributed by atoms with van der Waals surface area (Å²) < 4.78 is 33.9. The highest BCUT2D eigenvalue weighted by Crippen LogP contribution is 2.37. The molecule has 0 unspecified atom stereocenters. The van der Waals surface area contributed by atoms with Gasteiger partial charge >= 0.3 is 0 Å². The molecule has 0 spiro atoms. The van der Waals surface area contributed by atoms with E-state index in [9.17, 15) is 13.2 Å². The van der Waals surface area contributed by atoms with Gasteiger partial charge in [0.2, 0.25) is 5.91 Å². The number of rotatable bonds is 9. The fourth-order valence-corrected chi connectivity index (χ4v) is 5.85. The van der Waals surface area contributed by atoms with E-state index in [1.54, 1.807) is 7.11 Å². The molecule has 1 fully saturated rings. The number of H-pyrrole nitrogens is 1. The number of hydrogen-bond donors (Lipinski definition) is 3. The van der Waals surface area contributed by atoms with Crippen LogP contribution in [0.15, 0.2) is 24.5 Å². The number of aromatic amines is 1. The average Bonchev–Trinajstić information content (AvgIpc) is 3.30. The van der Waals surface area contributed by atoms with Gasteiger partial charge in [-0.05, 0) is 43.4 Å². The van der Waals surface area contributed by atoms with Gasteiger partial charge < -0.3 is 30.0 Å². The lowest BCUT2D eigenvalue weighted by Gasteiger charge is -2.29. The summed E-state index contributed by atoms with van der Waals surface area (Å²) in [6.45, 7) is 3.44. The van der Waals surface area contributed by atoms with Crippen molar-refractivity contribution in [1.82, 2.24) is 20.3 Å². The van der Waals surface area contributed by atoms with Crippen LogP contribution in [0.1, 0.15) is 24.1 Å². The number of fused-ring (bicyclic) bond motifs is 3. The Kier molecular flexibility index (Phi) is 7.70. The Labute approximate surface area is 222 Å². The maximum Gasteiger partial charge on any atom is 0.223 e. The van der Waals surface area contributed by atoms with E-state index >= 15 is 0 Å². The predicted octanol–water partition coefficient (Wildman–Crippen LogP) is 2.20. The van der Waals surface area contributed by atoms with E-state index in [-0.39, 0.29) is 17.6 Å². The van der Waals surface area contributed by atoms with Crippen LogP contribution in [0.4, 0.5) is 17.2 Å². The summed E-state index contributed by atoms with van der Waals surface area (Å²) in [5, 5.41) is 7.22. The predicted molar refractivity (Wildman–Crippen MR) is 146 cm³/mol. The second kappa shape index (κ2) is 11.2. The summed E-state index contributed by atoms with van der Waals surface area (Å²) in [7, 11) is -1.39. The van der Waals surface area contributed by atoms with E-state index in [4.69, 9.17) is 9.47 Å². The third-order valence-corrected chi connectivity index (χ3v) is 8.18. The fraction of sp³-hybridized carbons (Fsp3) is 0.500. The molecule has 1 saturated heterocycles. The molecule has 1 aliphatic heterocycles. The first-order valence-electron chi connectivity index (χ1n) is 12.9. The molecule has 1 atom stereocenters. The van der Waals surface area contributed by atoms with Crippen LogP contribution in [0.3, 0.4) is 0 Å². The maximum atomic E-state index is 12.9. The summed E-state index contributed by atoms with van der Waals surface area (Å²) in [6.07, 6.45) is 5.13. The van der Waals surface area contributed by atoms with Crippen molar-refractivity contribution in [2.75, 3.05) is 62.2 Å². The number of carbonyl (C=O) groups is 1. The fourth-order valence-electron chi connectivity index (χ4n) is 5.18. The van der Waals surface area contributed by atoms with Crippen molar-refractivity contribution in [2.45, 2.75) is 25.7 Å². The van der Waals surface area contributed by atoms with Gasteiger partial charge in [0.25, 0.3) is 0 Å². The second-order valence-corrected chi connectivity index (χ2v) is 12.1. The second-order valence-electron chi connectivity index (χ2n) is 9.85. The van der Waals surface area contributed by atoms with Crippen LogP contribution in [-0.4, -0.2) is 81.2 Å². The molecule has 0 saturated carbocycles. The quantitative estimate of drug-likeness (QED) is 0.347. The Morgan fingerprint density at radius 2 is 2.08 bits per heavy atom. The Bertz CT molecular complexity index is 1420. The molecule has 5 rings (SSSR count). The third kappa shape index (κ3) is 5.86. The molecule has 204 valence electrons. The molecule has 1 aromatic carbocycles. The molecular formula is C26H34N6O5S. The molecule has 0 radical (unpaired) electrons. The monoisotopic (exact) mass is 542 g/mol. The molecule has 1 aliphatic carbocycles. The van der Waals surface area contributed by atoms with Crippen molar-refractivity contribution in [3.05, 3.63) is 35.8 Å². The molecule has 3 N–H and O–H groups in total. The zero-order valence-corrected chi connectivity index (χ0v) is 22.6. The lowest BCUT2D eigenvalue weighted by atomic mass is 9.86. The Morgan fingerprint density at radius 3 is 2.84 bits per heavy atom. The van der Waals surface area contributed by atoms with Gasteiger partial charge in [-0.15, -0.1) is 0 Å². The van der Waals surface area contributed by atoms with Crippen molar-refractivity contribution in [2.24, 2.45) is 5.92 Å². The van der Waals surface area contributed by atoms with Gasteiger partial charge in [-0.25, -0.2) is 18.4 Å². The number of hydrogen-bond acceptors (Lipinski definition) is 9. The molecule has 2 aromatic heterocycles. The summed E-state index contributed by atoms with van der Waals surface area (Å²) >= 11 is 0. The molecule has 2 aliphatic rings. The number of benzene rings is 1. The minimum Gasteiger partial charge on any atom is -0.494 e. The van der Waals surface area contributed by atoms with Gasteiger partial charge in [0.1, 0.15) is 33.4 Å². The highest BCUT2D eigenvalue weighted by Gasteiger charge is 2.29.